The molecule has 1 heterocycles. The third-order valence-corrected chi connectivity index (χ3v) is 5.22. The van der Waals surface area contributed by atoms with Crippen molar-refractivity contribution in [3.63, 3.8) is 0 Å². The molecule has 1 saturated heterocycles. The van der Waals surface area contributed by atoms with Crippen LogP contribution in [0.3, 0.4) is 0 Å². The second-order valence-corrected chi connectivity index (χ2v) is 6.98. The summed E-state index contributed by atoms with van der Waals surface area (Å²) in [4.78, 5) is 28.5. The third-order valence-electron chi connectivity index (χ3n) is 5.22. The molecule has 1 N–H and O–H groups in total. The maximum absolute atomic E-state index is 12.8. The first kappa shape index (κ1) is 19.0. The van der Waals surface area contributed by atoms with Gasteiger partial charge in [0.1, 0.15) is 0 Å². The van der Waals surface area contributed by atoms with Crippen molar-refractivity contribution in [2.45, 2.75) is 27.2 Å². The Hall–Kier alpha value is -2.82. The van der Waals surface area contributed by atoms with Gasteiger partial charge in [-0.1, -0.05) is 19.1 Å². The first-order chi connectivity index (χ1) is 13.0. The third kappa shape index (κ3) is 4.30. The van der Waals surface area contributed by atoms with Gasteiger partial charge in [-0.3, -0.25) is 9.59 Å². The fraction of sp³-hybridized carbons (Fsp3) is 0.364. The van der Waals surface area contributed by atoms with Gasteiger partial charge in [0.25, 0.3) is 5.91 Å². The molecule has 0 saturated carbocycles. The molecule has 0 aromatic heterocycles. The van der Waals surface area contributed by atoms with E-state index in [2.05, 4.69) is 42.3 Å². The van der Waals surface area contributed by atoms with Crippen LogP contribution in [0, 0.1) is 13.8 Å². The van der Waals surface area contributed by atoms with Crippen molar-refractivity contribution < 1.29 is 9.59 Å². The molecule has 1 aliphatic rings. The predicted molar refractivity (Wildman–Crippen MR) is 109 cm³/mol. The molecule has 0 radical (unpaired) electrons. The van der Waals surface area contributed by atoms with Crippen LogP contribution in [-0.2, 0) is 4.79 Å². The number of aryl methyl sites for hydroxylation is 1. The maximum Gasteiger partial charge on any atom is 0.253 e. The lowest BCUT2D eigenvalue weighted by molar-refractivity contribution is -0.115. The minimum atomic E-state index is -0.0309. The lowest BCUT2D eigenvalue weighted by atomic mass is 10.1. The molecule has 1 fully saturated rings. The van der Waals surface area contributed by atoms with Gasteiger partial charge in [0.2, 0.25) is 5.91 Å². The van der Waals surface area contributed by atoms with E-state index in [-0.39, 0.29) is 11.8 Å². The number of hydrogen-bond donors (Lipinski definition) is 1. The summed E-state index contributed by atoms with van der Waals surface area (Å²) in [6.45, 7) is 9.18. The monoisotopic (exact) mass is 365 g/mol. The van der Waals surface area contributed by atoms with Crippen molar-refractivity contribution >= 4 is 23.2 Å². The van der Waals surface area contributed by atoms with Gasteiger partial charge < -0.3 is 15.1 Å². The van der Waals surface area contributed by atoms with Gasteiger partial charge in [0.05, 0.1) is 0 Å². The molecular formula is C22H27N3O2. The average Bonchev–Trinajstić information content (AvgIpc) is 2.70. The van der Waals surface area contributed by atoms with Crippen LogP contribution in [0.15, 0.2) is 42.5 Å². The van der Waals surface area contributed by atoms with E-state index >= 15 is 0 Å². The largest absolute Gasteiger partial charge is 0.368 e. The smallest absolute Gasteiger partial charge is 0.253 e. The van der Waals surface area contributed by atoms with E-state index in [1.165, 1.54) is 16.8 Å². The Bertz CT molecular complexity index is 822. The minimum absolute atomic E-state index is 0.0309. The van der Waals surface area contributed by atoms with Crippen molar-refractivity contribution in [3.8, 4) is 0 Å². The second-order valence-electron chi connectivity index (χ2n) is 6.98. The van der Waals surface area contributed by atoms with Crippen LogP contribution in [0.1, 0.15) is 34.8 Å². The number of rotatable bonds is 4. The lowest BCUT2D eigenvalue weighted by Gasteiger charge is -2.37. The highest BCUT2D eigenvalue weighted by Gasteiger charge is 2.23. The second kappa shape index (κ2) is 8.25. The fourth-order valence-corrected chi connectivity index (χ4v) is 3.36. The molecular weight excluding hydrogens is 338 g/mol. The molecule has 2 aromatic rings. The van der Waals surface area contributed by atoms with E-state index in [1.807, 2.05) is 11.8 Å². The van der Waals surface area contributed by atoms with Crippen molar-refractivity contribution in [2.24, 2.45) is 0 Å². The van der Waals surface area contributed by atoms with Gasteiger partial charge in [-0.05, 0) is 55.3 Å². The Morgan fingerprint density at radius 2 is 1.63 bits per heavy atom. The Labute approximate surface area is 161 Å². The first-order valence-corrected chi connectivity index (χ1v) is 9.50. The van der Waals surface area contributed by atoms with Crippen molar-refractivity contribution in [1.82, 2.24) is 4.90 Å². The summed E-state index contributed by atoms with van der Waals surface area (Å²) in [6, 6.07) is 13.5. The van der Waals surface area contributed by atoms with Crippen molar-refractivity contribution in [2.75, 3.05) is 36.4 Å². The van der Waals surface area contributed by atoms with E-state index in [4.69, 9.17) is 0 Å². The molecule has 142 valence electrons. The average molecular weight is 365 g/mol. The molecule has 2 amide bonds. The van der Waals surface area contributed by atoms with Crippen LogP contribution in [0.5, 0.6) is 0 Å². The minimum Gasteiger partial charge on any atom is -0.368 e. The Morgan fingerprint density at radius 1 is 0.963 bits per heavy atom. The number of carbonyl (C=O) groups is 2. The summed E-state index contributed by atoms with van der Waals surface area (Å²) in [5.74, 6) is 0.0145. The zero-order valence-corrected chi connectivity index (χ0v) is 16.3. The number of piperazine rings is 1. The fourth-order valence-electron chi connectivity index (χ4n) is 3.36. The molecule has 5 nitrogen and oxygen atoms in total. The van der Waals surface area contributed by atoms with Crippen LogP contribution in [0.4, 0.5) is 11.4 Å². The molecule has 0 atom stereocenters. The molecule has 0 unspecified atom stereocenters. The van der Waals surface area contributed by atoms with Crippen LogP contribution < -0.4 is 10.2 Å². The van der Waals surface area contributed by atoms with E-state index in [9.17, 15) is 9.59 Å². The van der Waals surface area contributed by atoms with Gasteiger partial charge in [0.15, 0.2) is 0 Å². The van der Waals surface area contributed by atoms with E-state index < -0.39 is 0 Å². The number of hydrogen-bond acceptors (Lipinski definition) is 3. The molecule has 3 rings (SSSR count). The highest BCUT2D eigenvalue weighted by atomic mass is 16.2. The highest BCUT2D eigenvalue weighted by molar-refractivity contribution is 5.96. The number of benzene rings is 2. The number of carbonyl (C=O) groups excluding carboxylic acids is 2. The van der Waals surface area contributed by atoms with Crippen LogP contribution in [0.25, 0.3) is 0 Å². The van der Waals surface area contributed by atoms with Crippen LogP contribution in [0.2, 0.25) is 0 Å². The summed E-state index contributed by atoms with van der Waals surface area (Å²) in [5.41, 5.74) is 5.24. The highest BCUT2D eigenvalue weighted by Crippen LogP contribution is 2.24. The van der Waals surface area contributed by atoms with E-state index in [1.54, 1.807) is 24.3 Å². The van der Waals surface area contributed by atoms with E-state index in [0.29, 0.717) is 25.1 Å². The number of anilines is 2. The standard InChI is InChI=1S/C22H27N3O2/c1-4-21(26)23-19-10-8-18(9-11-19)22(27)25-14-12-24(13-15-25)20-7-5-6-16(2)17(20)3/h5-11H,4,12-15H2,1-3H3,(H,23,26). The predicted octanol–water partition coefficient (Wildman–Crippen LogP) is 3.61. The normalized spacial score (nSPS) is 14.2. The molecule has 1 aliphatic heterocycles. The number of amides is 2. The molecule has 27 heavy (non-hydrogen) atoms. The molecule has 0 spiro atoms. The Balaban J connectivity index is 1.61. The Kier molecular flexibility index (Phi) is 5.79. The quantitative estimate of drug-likeness (QED) is 0.900. The zero-order chi connectivity index (χ0) is 19.4. The van der Waals surface area contributed by atoms with E-state index in [0.717, 1.165) is 18.8 Å². The van der Waals surface area contributed by atoms with Gasteiger partial charge >= 0.3 is 0 Å². The molecule has 0 aliphatic carbocycles. The van der Waals surface area contributed by atoms with Crippen molar-refractivity contribution in [1.29, 1.82) is 0 Å². The number of nitrogens with zero attached hydrogens (tertiary/aromatic N) is 2. The SMILES string of the molecule is CCC(=O)Nc1ccc(C(=O)N2CCN(c3cccc(C)c3C)CC2)cc1. The summed E-state index contributed by atoms with van der Waals surface area (Å²) >= 11 is 0. The van der Waals surface area contributed by atoms with Crippen molar-refractivity contribution in [3.05, 3.63) is 59.2 Å². The molecule has 0 bridgehead atoms. The summed E-state index contributed by atoms with van der Waals surface area (Å²) < 4.78 is 0. The van der Waals surface area contributed by atoms with Gasteiger partial charge in [-0.2, -0.15) is 0 Å². The summed E-state index contributed by atoms with van der Waals surface area (Å²) in [5, 5.41) is 2.80. The lowest BCUT2D eigenvalue weighted by Crippen LogP contribution is -2.49. The topological polar surface area (TPSA) is 52.7 Å². The maximum atomic E-state index is 12.8. The number of nitrogens with one attached hydrogen (secondary N) is 1. The molecule has 5 heteroatoms. The summed E-state index contributed by atoms with van der Waals surface area (Å²) in [6.07, 6.45) is 0.436. The van der Waals surface area contributed by atoms with Crippen LogP contribution in [-0.4, -0.2) is 42.9 Å². The van der Waals surface area contributed by atoms with Crippen LogP contribution >= 0.6 is 0 Å². The van der Waals surface area contributed by atoms with Gasteiger partial charge in [-0.15, -0.1) is 0 Å². The van der Waals surface area contributed by atoms with Gasteiger partial charge in [-0.25, -0.2) is 0 Å². The zero-order valence-electron chi connectivity index (χ0n) is 16.3. The Morgan fingerprint density at radius 3 is 2.26 bits per heavy atom. The van der Waals surface area contributed by atoms with Gasteiger partial charge in [0, 0.05) is 49.5 Å². The first-order valence-electron chi connectivity index (χ1n) is 9.50. The molecule has 2 aromatic carbocycles. The summed E-state index contributed by atoms with van der Waals surface area (Å²) in [7, 11) is 0.